The second-order valence-corrected chi connectivity index (χ2v) is 5.49. The van der Waals surface area contributed by atoms with E-state index in [0.717, 1.165) is 0 Å². The first-order valence-electron chi connectivity index (χ1n) is 7.61. The average Bonchev–Trinajstić information content (AvgIpc) is 2.59. The molecule has 0 bridgehead atoms. The molecule has 0 fully saturated rings. The van der Waals surface area contributed by atoms with Gasteiger partial charge in [-0.1, -0.05) is 12.1 Å². The van der Waals surface area contributed by atoms with Gasteiger partial charge in [-0.2, -0.15) is 0 Å². The molecule has 0 aliphatic rings. The minimum Gasteiger partial charge on any atom is -0.454 e. The van der Waals surface area contributed by atoms with Gasteiger partial charge in [-0.25, -0.2) is 4.79 Å². The molecule has 2 aromatic rings. The smallest absolute Gasteiger partial charge is 0.345 e. The minimum absolute atomic E-state index is 0.205. The summed E-state index contributed by atoms with van der Waals surface area (Å²) >= 11 is 0. The number of Topliss-reactive ketones (excluding diaryl/α,β-unsaturated/α-hetero) is 1. The summed E-state index contributed by atoms with van der Waals surface area (Å²) < 4.78 is 4.92. The summed E-state index contributed by atoms with van der Waals surface area (Å²) in [6, 6.07) is 10.3. The Morgan fingerprint density at radius 2 is 1.77 bits per heavy atom. The minimum atomic E-state index is -0.941. The van der Waals surface area contributed by atoms with Crippen molar-refractivity contribution in [3.63, 3.8) is 0 Å². The number of rotatable bonds is 6. The van der Waals surface area contributed by atoms with E-state index in [1.807, 2.05) is 0 Å². The highest BCUT2D eigenvalue weighted by Crippen LogP contribution is 2.23. The lowest BCUT2D eigenvalue weighted by molar-refractivity contribution is -0.385. The van der Waals surface area contributed by atoms with E-state index in [-0.39, 0.29) is 22.7 Å². The lowest BCUT2D eigenvalue weighted by atomic mass is 10.1. The fraction of sp³-hybridized carbons (Fsp3) is 0.167. The number of hydrogen-bond acceptors (Lipinski definition) is 6. The molecule has 0 heterocycles. The molecule has 0 aliphatic heterocycles. The Bertz CT molecular complexity index is 874. The first-order chi connectivity index (χ1) is 12.3. The van der Waals surface area contributed by atoms with E-state index in [2.05, 4.69) is 5.32 Å². The summed E-state index contributed by atoms with van der Waals surface area (Å²) in [5, 5.41) is 13.7. The number of ketones is 1. The summed E-state index contributed by atoms with van der Waals surface area (Å²) in [4.78, 5) is 45.6. The summed E-state index contributed by atoms with van der Waals surface area (Å²) in [6.45, 7) is 2.32. The van der Waals surface area contributed by atoms with E-state index in [1.165, 1.54) is 44.2 Å². The predicted molar refractivity (Wildman–Crippen MR) is 93.2 cm³/mol. The van der Waals surface area contributed by atoms with Crippen molar-refractivity contribution >= 4 is 29.0 Å². The largest absolute Gasteiger partial charge is 0.454 e. The number of benzene rings is 2. The molecular formula is C18H16N2O6. The fourth-order valence-electron chi connectivity index (χ4n) is 2.30. The molecule has 2 rings (SSSR count). The van der Waals surface area contributed by atoms with Crippen LogP contribution in [-0.2, 0) is 9.53 Å². The number of nitro benzene ring substituents is 1. The second kappa shape index (κ2) is 8.02. The first kappa shape index (κ1) is 18.8. The van der Waals surface area contributed by atoms with Crippen LogP contribution in [0.4, 0.5) is 11.4 Å². The number of hydrogen-bond donors (Lipinski definition) is 1. The van der Waals surface area contributed by atoms with E-state index >= 15 is 0 Å². The quantitative estimate of drug-likeness (QED) is 0.368. The van der Waals surface area contributed by atoms with Crippen molar-refractivity contribution in [2.24, 2.45) is 0 Å². The molecule has 0 spiro atoms. The predicted octanol–water partition coefficient (Wildman–Crippen LogP) is 2.90. The highest BCUT2D eigenvalue weighted by atomic mass is 16.6. The molecule has 0 aliphatic carbocycles. The van der Waals surface area contributed by atoms with Crippen LogP contribution in [0, 0.1) is 17.0 Å². The first-order valence-corrected chi connectivity index (χ1v) is 7.61. The zero-order valence-corrected chi connectivity index (χ0v) is 14.1. The molecule has 0 unspecified atom stereocenters. The summed E-state index contributed by atoms with van der Waals surface area (Å²) in [5.74, 6) is -1.65. The van der Waals surface area contributed by atoms with Gasteiger partial charge in [0.05, 0.1) is 4.92 Å². The number of nitrogens with one attached hydrogen (secondary N) is 1. The highest BCUT2D eigenvalue weighted by Gasteiger charge is 2.24. The number of carbonyl (C=O) groups excluding carboxylic acids is 3. The van der Waals surface area contributed by atoms with Crippen molar-refractivity contribution in [2.75, 3.05) is 11.9 Å². The molecular weight excluding hydrogens is 340 g/mol. The van der Waals surface area contributed by atoms with Crippen molar-refractivity contribution in [3.8, 4) is 0 Å². The second-order valence-electron chi connectivity index (χ2n) is 5.49. The molecule has 8 nitrogen and oxygen atoms in total. The Balaban J connectivity index is 2.06. The Labute approximate surface area is 148 Å². The lowest BCUT2D eigenvalue weighted by Crippen LogP contribution is -2.16. The van der Waals surface area contributed by atoms with Gasteiger partial charge in [0.25, 0.3) is 5.69 Å². The number of carbonyl (C=O) groups is 3. The van der Waals surface area contributed by atoms with Crippen molar-refractivity contribution in [1.82, 2.24) is 0 Å². The molecule has 0 atom stereocenters. The van der Waals surface area contributed by atoms with E-state index in [1.54, 1.807) is 12.1 Å². The zero-order chi connectivity index (χ0) is 19.3. The molecule has 26 heavy (non-hydrogen) atoms. The number of para-hydroxylation sites is 1. The highest BCUT2D eigenvalue weighted by molar-refractivity contribution is 6.01. The van der Waals surface area contributed by atoms with Crippen molar-refractivity contribution in [3.05, 3.63) is 69.3 Å². The van der Waals surface area contributed by atoms with E-state index in [9.17, 15) is 24.5 Å². The maximum Gasteiger partial charge on any atom is 0.345 e. The van der Waals surface area contributed by atoms with Crippen LogP contribution in [0.2, 0.25) is 0 Å². The number of ether oxygens (including phenoxy) is 1. The Morgan fingerprint density at radius 1 is 1.12 bits per heavy atom. The number of esters is 1. The van der Waals surface area contributed by atoms with Crippen LogP contribution < -0.4 is 5.32 Å². The summed E-state index contributed by atoms with van der Waals surface area (Å²) in [7, 11) is 0. The van der Waals surface area contributed by atoms with Gasteiger partial charge in [0, 0.05) is 23.7 Å². The molecule has 1 N–H and O–H groups in total. The number of aryl methyl sites for hydroxylation is 1. The number of anilines is 1. The van der Waals surface area contributed by atoms with Crippen LogP contribution in [-0.4, -0.2) is 29.2 Å². The maximum absolute atomic E-state index is 12.1. The monoisotopic (exact) mass is 356 g/mol. The van der Waals surface area contributed by atoms with Crippen LogP contribution in [0.5, 0.6) is 0 Å². The van der Waals surface area contributed by atoms with E-state index < -0.39 is 23.3 Å². The topological polar surface area (TPSA) is 116 Å². The van der Waals surface area contributed by atoms with Gasteiger partial charge in [0.15, 0.2) is 12.4 Å². The Morgan fingerprint density at radius 3 is 2.35 bits per heavy atom. The third-order valence-corrected chi connectivity index (χ3v) is 3.50. The number of nitrogens with zero attached hydrogens (tertiary/aromatic N) is 1. The van der Waals surface area contributed by atoms with Crippen LogP contribution in [0.15, 0.2) is 42.5 Å². The number of nitro groups is 1. The lowest BCUT2D eigenvalue weighted by Gasteiger charge is -2.07. The molecule has 134 valence electrons. The molecule has 0 radical (unpaired) electrons. The van der Waals surface area contributed by atoms with Gasteiger partial charge in [-0.05, 0) is 37.3 Å². The van der Waals surface area contributed by atoms with Gasteiger partial charge in [-0.15, -0.1) is 0 Å². The summed E-state index contributed by atoms with van der Waals surface area (Å²) in [5.41, 5.74) is 0.588. The van der Waals surface area contributed by atoms with Crippen molar-refractivity contribution in [1.29, 1.82) is 0 Å². The third kappa shape index (κ3) is 4.50. The normalized spacial score (nSPS) is 10.1. The molecule has 0 saturated heterocycles. The van der Waals surface area contributed by atoms with Gasteiger partial charge in [0.2, 0.25) is 5.91 Å². The van der Waals surface area contributed by atoms with Crippen molar-refractivity contribution in [2.45, 2.75) is 13.8 Å². The van der Waals surface area contributed by atoms with Crippen molar-refractivity contribution < 1.29 is 24.0 Å². The average molecular weight is 356 g/mol. The Kier molecular flexibility index (Phi) is 5.79. The Hall–Kier alpha value is -3.55. The van der Waals surface area contributed by atoms with E-state index in [4.69, 9.17) is 4.74 Å². The van der Waals surface area contributed by atoms with Crippen LogP contribution in [0.3, 0.4) is 0 Å². The maximum atomic E-state index is 12.1. The molecule has 2 aromatic carbocycles. The van der Waals surface area contributed by atoms with Gasteiger partial charge >= 0.3 is 5.97 Å². The van der Waals surface area contributed by atoms with Gasteiger partial charge in [0.1, 0.15) is 5.56 Å². The molecule has 1 amide bonds. The standard InChI is InChI=1S/C18H16N2O6/c1-11-4-3-5-15(17(11)20(24)25)18(23)26-10-16(22)13-6-8-14(9-7-13)19-12(2)21/h3-9H,10H2,1-2H3,(H,19,21). The van der Waals surface area contributed by atoms with Gasteiger partial charge in [-0.3, -0.25) is 19.7 Å². The summed E-state index contributed by atoms with van der Waals surface area (Å²) in [6.07, 6.45) is 0. The molecule has 8 heteroatoms. The van der Waals surface area contributed by atoms with E-state index in [0.29, 0.717) is 11.3 Å². The molecule has 0 aromatic heterocycles. The SMILES string of the molecule is CC(=O)Nc1ccc(C(=O)COC(=O)c2cccc(C)c2[N+](=O)[O-])cc1. The van der Waals surface area contributed by atoms with Crippen LogP contribution in [0.25, 0.3) is 0 Å². The van der Waals surface area contributed by atoms with Gasteiger partial charge < -0.3 is 10.1 Å². The number of amides is 1. The zero-order valence-electron chi connectivity index (χ0n) is 14.1. The molecule has 0 saturated carbocycles. The third-order valence-electron chi connectivity index (χ3n) is 3.50. The van der Waals surface area contributed by atoms with Crippen LogP contribution >= 0.6 is 0 Å². The van der Waals surface area contributed by atoms with Crippen LogP contribution in [0.1, 0.15) is 33.2 Å². The fourth-order valence-corrected chi connectivity index (χ4v) is 2.30.